The smallest absolute Gasteiger partial charge is 0.224 e. The second-order valence-corrected chi connectivity index (χ2v) is 4.77. The summed E-state index contributed by atoms with van der Waals surface area (Å²) >= 11 is 0. The van der Waals surface area contributed by atoms with E-state index in [0.29, 0.717) is 6.54 Å². The van der Waals surface area contributed by atoms with Crippen molar-refractivity contribution in [3.8, 4) is 0 Å². The minimum atomic E-state index is 0.108. The quantitative estimate of drug-likeness (QED) is 0.798. The lowest BCUT2D eigenvalue weighted by Gasteiger charge is -2.33. The average Bonchev–Trinajstić information content (AvgIpc) is 2.40. The van der Waals surface area contributed by atoms with Crippen LogP contribution in [0.1, 0.15) is 19.8 Å². The number of amides is 1. The normalized spacial score (nSPS) is 19.6. The summed E-state index contributed by atoms with van der Waals surface area (Å²) in [7, 11) is 0. The van der Waals surface area contributed by atoms with Gasteiger partial charge in [-0.2, -0.15) is 0 Å². The van der Waals surface area contributed by atoms with Gasteiger partial charge < -0.3 is 16.0 Å². The number of anilines is 2. The van der Waals surface area contributed by atoms with Gasteiger partial charge in [-0.15, -0.1) is 0 Å². The molecule has 1 fully saturated rings. The SMILES string of the molecule is CCNC(=O)C1CCCN(c2ccc(N)cc2)C1. The Morgan fingerprint density at radius 3 is 2.83 bits per heavy atom. The highest BCUT2D eigenvalue weighted by Gasteiger charge is 2.25. The molecule has 0 bridgehead atoms. The minimum Gasteiger partial charge on any atom is -0.399 e. The number of carbonyl (C=O) groups is 1. The Morgan fingerprint density at radius 2 is 2.17 bits per heavy atom. The summed E-state index contributed by atoms with van der Waals surface area (Å²) in [4.78, 5) is 14.1. The van der Waals surface area contributed by atoms with Crippen molar-refractivity contribution >= 4 is 17.3 Å². The zero-order valence-corrected chi connectivity index (χ0v) is 10.9. The Hall–Kier alpha value is -1.71. The maximum atomic E-state index is 11.9. The second-order valence-electron chi connectivity index (χ2n) is 4.77. The molecule has 0 saturated carbocycles. The van der Waals surface area contributed by atoms with Gasteiger partial charge in [-0.1, -0.05) is 0 Å². The molecule has 1 amide bonds. The molecule has 0 aromatic heterocycles. The van der Waals surface area contributed by atoms with Gasteiger partial charge in [0.15, 0.2) is 0 Å². The van der Waals surface area contributed by atoms with Crippen LogP contribution in [-0.2, 0) is 4.79 Å². The monoisotopic (exact) mass is 247 g/mol. The van der Waals surface area contributed by atoms with E-state index in [9.17, 15) is 4.79 Å². The van der Waals surface area contributed by atoms with Gasteiger partial charge in [0.2, 0.25) is 5.91 Å². The first-order valence-corrected chi connectivity index (χ1v) is 6.59. The van der Waals surface area contributed by atoms with Crippen molar-refractivity contribution in [3.63, 3.8) is 0 Å². The van der Waals surface area contributed by atoms with Crippen LogP contribution in [0.3, 0.4) is 0 Å². The Morgan fingerprint density at radius 1 is 1.44 bits per heavy atom. The van der Waals surface area contributed by atoms with E-state index in [1.165, 1.54) is 0 Å². The highest BCUT2D eigenvalue weighted by molar-refractivity contribution is 5.79. The van der Waals surface area contributed by atoms with Crippen LogP contribution in [-0.4, -0.2) is 25.5 Å². The number of benzene rings is 1. The first-order chi connectivity index (χ1) is 8.70. The standard InChI is InChI=1S/C14H21N3O/c1-2-16-14(18)11-4-3-9-17(10-11)13-7-5-12(15)6-8-13/h5-8,11H,2-4,9-10,15H2,1H3,(H,16,18). The summed E-state index contributed by atoms with van der Waals surface area (Å²) in [6.45, 7) is 4.48. The number of hydrogen-bond donors (Lipinski definition) is 2. The molecule has 1 unspecified atom stereocenters. The Labute approximate surface area is 108 Å². The topological polar surface area (TPSA) is 58.4 Å². The molecule has 1 saturated heterocycles. The van der Waals surface area contributed by atoms with Crippen molar-refractivity contribution in [3.05, 3.63) is 24.3 Å². The molecule has 1 aliphatic heterocycles. The molecule has 1 aromatic carbocycles. The number of nitrogen functional groups attached to an aromatic ring is 1. The maximum absolute atomic E-state index is 11.9. The Balaban J connectivity index is 2.02. The molecule has 98 valence electrons. The fourth-order valence-corrected chi connectivity index (χ4v) is 2.43. The van der Waals surface area contributed by atoms with Crippen molar-refractivity contribution in [1.29, 1.82) is 0 Å². The number of hydrogen-bond acceptors (Lipinski definition) is 3. The lowest BCUT2D eigenvalue weighted by molar-refractivity contribution is -0.125. The first kappa shape index (κ1) is 12.7. The number of rotatable bonds is 3. The summed E-state index contributed by atoms with van der Waals surface area (Å²) < 4.78 is 0. The lowest BCUT2D eigenvalue weighted by Crippen LogP contribution is -2.43. The molecule has 2 rings (SSSR count). The molecule has 0 spiro atoms. The number of nitrogens with zero attached hydrogens (tertiary/aromatic N) is 1. The van der Waals surface area contributed by atoms with Crippen LogP contribution in [0.15, 0.2) is 24.3 Å². The van der Waals surface area contributed by atoms with Crippen molar-refractivity contribution < 1.29 is 4.79 Å². The van der Waals surface area contributed by atoms with E-state index in [4.69, 9.17) is 5.73 Å². The summed E-state index contributed by atoms with van der Waals surface area (Å²) in [5.74, 6) is 0.286. The molecule has 1 aliphatic rings. The van der Waals surface area contributed by atoms with Crippen LogP contribution in [0, 0.1) is 5.92 Å². The van der Waals surface area contributed by atoms with E-state index in [1.54, 1.807) is 0 Å². The predicted octanol–water partition coefficient (Wildman–Crippen LogP) is 1.62. The number of nitrogens with two attached hydrogens (primary N) is 1. The summed E-state index contributed by atoms with van der Waals surface area (Å²) in [6.07, 6.45) is 2.05. The molecule has 0 aliphatic carbocycles. The molecular weight excluding hydrogens is 226 g/mol. The van der Waals surface area contributed by atoms with Crippen LogP contribution < -0.4 is 16.0 Å². The fourth-order valence-electron chi connectivity index (χ4n) is 2.43. The average molecular weight is 247 g/mol. The second kappa shape index (κ2) is 5.76. The van der Waals surface area contributed by atoms with Gasteiger partial charge in [-0.05, 0) is 44.0 Å². The third-order valence-corrected chi connectivity index (χ3v) is 3.40. The number of nitrogens with one attached hydrogen (secondary N) is 1. The van der Waals surface area contributed by atoms with Gasteiger partial charge in [-0.25, -0.2) is 0 Å². The molecule has 18 heavy (non-hydrogen) atoms. The van der Waals surface area contributed by atoms with E-state index in [-0.39, 0.29) is 11.8 Å². The number of carbonyl (C=O) groups excluding carboxylic acids is 1. The van der Waals surface area contributed by atoms with Crippen LogP contribution in [0.2, 0.25) is 0 Å². The van der Waals surface area contributed by atoms with Crippen LogP contribution in [0.25, 0.3) is 0 Å². The summed E-state index contributed by atoms with van der Waals surface area (Å²) in [5, 5.41) is 2.91. The fraction of sp³-hybridized carbons (Fsp3) is 0.500. The predicted molar refractivity (Wildman–Crippen MR) is 74.5 cm³/mol. The third kappa shape index (κ3) is 2.94. The Kier molecular flexibility index (Phi) is 4.07. The molecule has 1 atom stereocenters. The van der Waals surface area contributed by atoms with Crippen molar-refractivity contribution in [2.45, 2.75) is 19.8 Å². The third-order valence-electron chi connectivity index (χ3n) is 3.40. The maximum Gasteiger partial charge on any atom is 0.224 e. The largest absolute Gasteiger partial charge is 0.399 e. The van der Waals surface area contributed by atoms with E-state index >= 15 is 0 Å². The van der Waals surface area contributed by atoms with Gasteiger partial charge in [0.1, 0.15) is 0 Å². The van der Waals surface area contributed by atoms with Gasteiger partial charge in [0.05, 0.1) is 5.92 Å². The van der Waals surface area contributed by atoms with E-state index in [1.807, 2.05) is 31.2 Å². The highest BCUT2D eigenvalue weighted by Crippen LogP contribution is 2.24. The molecule has 4 heteroatoms. The Bertz CT molecular complexity index is 402. The van der Waals surface area contributed by atoms with Gasteiger partial charge >= 0.3 is 0 Å². The molecule has 3 N–H and O–H groups in total. The zero-order chi connectivity index (χ0) is 13.0. The minimum absolute atomic E-state index is 0.108. The van der Waals surface area contributed by atoms with Crippen LogP contribution in [0.5, 0.6) is 0 Å². The molecule has 0 radical (unpaired) electrons. The zero-order valence-electron chi connectivity index (χ0n) is 10.9. The number of piperidine rings is 1. The van der Waals surface area contributed by atoms with E-state index in [2.05, 4.69) is 10.2 Å². The first-order valence-electron chi connectivity index (χ1n) is 6.59. The lowest BCUT2D eigenvalue weighted by atomic mass is 9.96. The van der Waals surface area contributed by atoms with Gasteiger partial charge in [-0.3, -0.25) is 4.79 Å². The highest BCUT2D eigenvalue weighted by atomic mass is 16.1. The van der Waals surface area contributed by atoms with Crippen LogP contribution >= 0.6 is 0 Å². The van der Waals surface area contributed by atoms with Gasteiger partial charge in [0.25, 0.3) is 0 Å². The molecule has 1 aromatic rings. The summed E-state index contributed by atoms with van der Waals surface area (Å²) in [5.41, 5.74) is 7.61. The van der Waals surface area contributed by atoms with Crippen LogP contribution in [0.4, 0.5) is 11.4 Å². The molecule has 4 nitrogen and oxygen atoms in total. The van der Waals surface area contributed by atoms with E-state index in [0.717, 1.165) is 37.3 Å². The van der Waals surface area contributed by atoms with Crippen molar-refractivity contribution in [2.24, 2.45) is 5.92 Å². The van der Waals surface area contributed by atoms with Crippen molar-refractivity contribution in [2.75, 3.05) is 30.3 Å². The van der Waals surface area contributed by atoms with Gasteiger partial charge in [0, 0.05) is 31.0 Å². The van der Waals surface area contributed by atoms with Crippen molar-refractivity contribution in [1.82, 2.24) is 5.32 Å². The summed E-state index contributed by atoms with van der Waals surface area (Å²) in [6, 6.07) is 7.86. The van der Waals surface area contributed by atoms with E-state index < -0.39 is 0 Å². The molecule has 1 heterocycles. The molecular formula is C14H21N3O.